The fourth-order valence-electron chi connectivity index (χ4n) is 5.90. The molecule has 5 heterocycles. The molecule has 3 aromatic heterocycles. The quantitative estimate of drug-likeness (QED) is 0.306. The summed E-state index contributed by atoms with van der Waals surface area (Å²) in [5.41, 5.74) is 10.5. The maximum atomic E-state index is 12.7. The van der Waals surface area contributed by atoms with E-state index in [9.17, 15) is 14.7 Å². The van der Waals surface area contributed by atoms with Gasteiger partial charge in [-0.2, -0.15) is 9.61 Å². The second kappa shape index (κ2) is 10.4. The molecule has 198 valence electrons. The highest BCUT2D eigenvalue weighted by atomic mass is 16.3. The summed E-state index contributed by atoms with van der Waals surface area (Å²) in [7, 11) is 0. The van der Waals surface area contributed by atoms with Gasteiger partial charge in [0.2, 0.25) is 5.91 Å². The van der Waals surface area contributed by atoms with Crippen LogP contribution in [-0.4, -0.2) is 78.4 Å². The van der Waals surface area contributed by atoms with E-state index >= 15 is 0 Å². The number of anilines is 1. The van der Waals surface area contributed by atoms with E-state index in [4.69, 9.17) is 16.1 Å². The van der Waals surface area contributed by atoms with Crippen molar-refractivity contribution in [1.29, 1.82) is 5.41 Å². The van der Waals surface area contributed by atoms with Crippen molar-refractivity contribution >= 4 is 35.1 Å². The van der Waals surface area contributed by atoms with Gasteiger partial charge in [0.05, 0.1) is 28.9 Å². The van der Waals surface area contributed by atoms with Gasteiger partial charge in [0.15, 0.2) is 11.4 Å². The first kappa shape index (κ1) is 25.7. The predicted octanol–water partition coefficient (Wildman–Crippen LogP) is 2.65. The molecule has 11 nitrogen and oxygen atoms in total. The molecule has 38 heavy (non-hydrogen) atoms. The molecule has 11 heteroatoms. The number of nitrogens with one attached hydrogen (secondary N) is 1. The number of Topliss-reactive ketones (excluding diaryl/α,β-unsaturated/α-hetero) is 1. The van der Waals surface area contributed by atoms with Gasteiger partial charge in [0.25, 0.3) is 0 Å². The van der Waals surface area contributed by atoms with Gasteiger partial charge >= 0.3 is 0 Å². The third kappa shape index (κ3) is 4.47. The number of fused-ring (bicyclic) bond motifs is 3. The number of nitrogen functional groups attached to an aromatic ring is 1. The fourth-order valence-corrected chi connectivity index (χ4v) is 5.90. The smallest absolute Gasteiger partial charge is 0.248 e. The van der Waals surface area contributed by atoms with Crippen LogP contribution in [0.15, 0.2) is 29.5 Å². The number of nitrogens with zero attached hydrogens (tertiary/aromatic N) is 6. The van der Waals surface area contributed by atoms with Crippen LogP contribution in [0.25, 0.3) is 16.8 Å². The molecule has 0 radical (unpaired) electrons. The van der Waals surface area contributed by atoms with E-state index in [0.717, 1.165) is 24.0 Å². The minimum atomic E-state index is -0.495. The van der Waals surface area contributed by atoms with Gasteiger partial charge in [0, 0.05) is 54.5 Å². The summed E-state index contributed by atoms with van der Waals surface area (Å²) in [4.78, 5) is 40.5. The molecular formula is C27H32N8O3. The Bertz CT molecular complexity index is 1410. The minimum absolute atomic E-state index is 0.0104. The Hall–Kier alpha value is -3.99. The third-order valence-electron chi connectivity index (χ3n) is 7.60. The number of hydrogen-bond acceptors (Lipinski definition) is 9. The molecule has 3 aromatic rings. The largest absolute Gasteiger partial charge is 0.387 e. The average Bonchev–Trinajstić information content (AvgIpc) is 3.46. The number of amides is 1. The molecule has 2 fully saturated rings. The van der Waals surface area contributed by atoms with Gasteiger partial charge in [0.1, 0.15) is 12.4 Å². The van der Waals surface area contributed by atoms with Crippen LogP contribution in [0, 0.1) is 5.41 Å². The number of nitrogens with two attached hydrogens (primary N) is 1. The number of aliphatic imine (C=N–C) groups is 1. The molecule has 2 atom stereocenters. The summed E-state index contributed by atoms with van der Waals surface area (Å²) >= 11 is 0. The van der Waals surface area contributed by atoms with Crippen LogP contribution in [0.2, 0.25) is 0 Å². The summed E-state index contributed by atoms with van der Waals surface area (Å²) in [6.07, 6.45) is 8.55. The SMILES string of the molecule is CCN=CCC(=N)c1ccc(-c2cnn3c(N)c(C(C)=O)c(C4CC5CCC(C4)N5C(=O)CO)nc23)cn1. The van der Waals surface area contributed by atoms with Gasteiger partial charge in [-0.05, 0) is 45.6 Å². The number of rotatable bonds is 8. The number of pyridine rings is 1. The predicted molar refractivity (Wildman–Crippen MR) is 144 cm³/mol. The molecule has 2 aliphatic heterocycles. The van der Waals surface area contributed by atoms with Crippen molar-refractivity contribution in [3.05, 3.63) is 41.5 Å². The fraction of sp³-hybridized carbons (Fsp3) is 0.444. The molecule has 2 unspecified atom stereocenters. The summed E-state index contributed by atoms with van der Waals surface area (Å²) in [6.45, 7) is 3.61. The van der Waals surface area contributed by atoms with Gasteiger partial charge in [-0.3, -0.25) is 19.6 Å². The lowest BCUT2D eigenvalue weighted by atomic mass is 9.85. The maximum Gasteiger partial charge on any atom is 0.248 e. The Labute approximate surface area is 220 Å². The van der Waals surface area contributed by atoms with Gasteiger partial charge in [-0.15, -0.1) is 0 Å². The average molecular weight is 517 g/mol. The summed E-state index contributed by atoms with van der Waals surface area (Å²) < 4.78 is 1.49. The third-order valence-corrected chi connectivity index (χ3v) is 7.60. The van der Waals surface area contributed by atoms with Crippen LogP contribution in [-0.2, 0) is 4.79 Å². The first-order chi connectivity index (χ1) is 18.3. The van der Waals surface area contributed by atoms with Gasteiger partial charge < -0.3 is 21.1 Å². The highest BCUT2D eigenvalue weighted by Gasteiger charge is 2.44. The number of aliphatic hydroxyl groups excluding tert-OH is 1. The molecule has 2 bridgehead atoms. The van der Waals surface area contributed by atoms with Crippen LogP contribution in [0.4, 0.5) is 5.82 Å². The molecular weight excluding hydrogens is 484 g/mol. The normalized spacial score (nSPS) is 20.9. The number of hydrogen-bond donors (Lipinski definition) is 3. The van der Waals surface area contributed by atoms with Crippen molar-refractivity contribution in [3.8, 4) is 11.1 Å². The highest BCUT2D eigenvalue weighted by molar-refractivity contribution is 6.04. The van der Waals surface area contributed by atoms with E-state index < -0.39 is 6.61 Å². The van der Waals surface area contributed by atoms with E-state index in [2.05, 4.69) is 15.1 Å². The Morgan fingerprint density at radius 3 is 2.58 bits per heavy atom. The zero-order valence-corrected chi connectivity index (χ0v) is 21.6. The van der Waals surface area contributed by atoms with Crippen LogP contribution in [0.5, 0.6) is 0 Å². The number of ketones is 1. The van der Waals surface area contributed by atoms with Crippen LogP contribution >= 0.6 is 0 Å². The molecule has 4 N–H and O–H groups in total. The summed E-state index contributed by atoms with van der Waals surface area (Å²) in [5.74, 6) is -0.229. The molecule has 1 amide bonds. The second-order valence-electron chi connectivity index (χ2n) is 9.92. The first-order valence-corrected chi connectivity index (χ1v) is 13.0. The lowest BCUT2D eigenvalue weighted by Crippen LogP contribution is -2.47. The molecule has 0 saturated carbocycles. The van der Waals surface area contributed by atoms with E-state index in [0.29, 0.717) is 54.1 Å². The molecule has 0 aromatic carbocycles. The van der Waals surface area contributed by atoms with E-state index in [1.807, 2.05) is 17.9 Å². The lowest BCUT2D eigenvalue weighted by molar-refractivity contribution is -0.138. The van der Waals surface area contributed by atoms with Crippen molar-refractivity contribution in [3.63, 3.8) is 0 Å². The molecule has 0 aliphatic carbocycles. The molecule has 5 rings (SSSR count). The van der Waals surface area contributed by atoms with Crippen molar-refractivity contribution < 1.29 is 14.7 Å². The lowest BCUT2D eigenvalue weighted by Gasteiger charge is -2.39. The standard InChI is InChI=1S/C27H32N8O3/c1-3-30-9-8-21(28)22-7-4-16(12-31-22)20-13-32-35-26(29)24(15(2)37)25(33-27(20)35)17-10-18-5-6-19(11-17)34(18)23(38)14-36/h4,7,9,12-13,17-19,28,36H,3,5-6,8,10-11,14,29H2,1-2H3. The van der Waals surface area contributed by atoms with Crippen LogP contribution in [0.3, 0.4) is 0 Å². The minimum Gasteiger partial charge on any atom is -0.387 e. The summed E-state index contributed by atoms with van der Waals surface area (Å²) in [5, 5.41) is 22.1. The maximum absolute atomic E-state index is 12.7. The number of aromatic nitrogens is 4. The van der Waals surface area contributed by atoms with Crippen molar-refractivity contribution in [1.82, 2.24) is 24.5 Å². The van der Waals surface area contributed by atoms with E-state index in [1.165, 1.54) is 11.4 Å². The van der Waals surface area contributed by atoms with Gasteiger partial charge in [-0.25, -0.2) is 4.98 Å². The number of carbonyl (C=O) groups is 2. The Balaban J connectivity index is 1.51. The topological polar surface area (TPSA) is 163 Å². The Morgan fingerprint density at radius 2 is 1.97 bits per heavy atom. The summed E-state index contributed by atoms with van der Waals surface area (Å²) in [6, 6.07) is 3.69. The van der Waals surface area contributed by atoms with Crippen molar-refractivity contribution in [2.45, 2.75) is 64.0 Å². The monoisotopic (exact) mass is 516 g/mol. The molecule has 2 aliphatic rings. The highest BCUT2D eigenvalue weighted by Crippen LogP contribution is 2.44. The van der Waals surface area contributed by atoms with Crippen LogP contribution in [0.1, 0.15) is 73.6 Å². The van der Waals surface area contributed by atoms with Crippen LogP contribution < -0.4 is 5.73 Å². The Kier molecular flexibility index (Phi) is 7.02. The number of piperidine rings is 1. The first-order valence-electron chi connectivity index (χ1n) is 13.0. The van der Waals surface area contributed by atoms with Crippen molar-refractivity contribution in [2.75, 3.05) is 18.9 Å². The Morgan fingerprint density at radius 1 is 1.24 bits per heavy atom. The molecule has 2 saturated heterocycles. The zero-order valence-electron chi connectivity index (χ0n) is 21.6. The number of aliphatic hydroxyl groups is 1. The van der Waals surface area contributed by atoms with E-state index in [-0.39, 0.29) is 35.5 Å². The zero-order chi connectivity index (χ0) is 27.0. The van der Waals surface area contributed by atoms with E-state index in [1.54, 1.807) is 24.7 Å². The molecule has 0 spiro atoms. The second-order valence-corrected chi connectivity index (χ2v) is 9.92. The number of carbonyl (C=O) groups excluding carboxylic acids is 2. The van der Waals surface area contributed by atoms with Gasteiger partial charge in [-0.1, -0.05) is 6.07 Å². The van der Waals surface area contributed by atoms with Crippen molar-refractivity contribution in [2.24, 2.45) is 4.99 Å².